The van der Waals surface area contributed by atoms with E-state index in [4.69, 9.17) is 5.73 Å². The number of piperazine rings is 1. The highest BCUT2D eigenvalue weighted by Gasteiger charge is 2.21. The van der Waals surface area contributed by atoms with Crippen molar-refractivity contribution in [2.75, 3.05) is 45.8 Å². The van der Waals surface area contributed by atoms with Crippen LogP contribution >= 0.6 is 0 Å². The SMILES string of the molecule is CC(C)N1CCN(C(=O)CCNCCN)CC1. The first kappa shape index (κ1) is 14.4. The van der Waals surface area contributed by atoms with Gasteiger partial charge in [-0.1, -0.05) is 0 Å². The number of nitrogens with zero attached hydrogens (tertiary/aromatic N) is 2. The lowest BCUT2D eigenvalue weighted by Gasteiger charge is -2.37. The van der Waals surface area contributed by atoms with Crippen molar-refractivity contribution < 1.29 is 4.79 Å². The fourth-order valence-corrected chi connectivity index (χ4v) is 2.07. The highest BCUT2D eigenvalue weighted by atomic mass is 16.2. The Morgan fingerprint density at radius 3 is 2.41 bits per heavy atom. The normalized spacial score (nSPS) is 17.8. The van der Waals surface area contributed by atoms with Crippen LogP contribution in [0.25, 0.3) is 0 Å². The Labute approximate surface area is 104 Å². The van der Waals surface area contributed by atoms with Gasteiger partial charge in [0.2, 0.25) is 5.91 Å². The zero-order valence-electron chi connectivity index (χ0n) is 11.1. The lowest BCUT2D eigenvalue weighted by Crippen LogP contribution is -2.51. The first-order valence-electron chi connectivity index (χ1n) is 6.57. The molecule has 1 aliphatic rings. The van der Waals surface area contributed by atoms with E-state index < -0.39 is 0 Å². The molecule has 3 N–H and O–H groups in total. The van der Waals surface area contributed by atoms with Gasteiger partial charge in [0.05, 0.1) is 0 Å². The molecule has 0 bridgehead atoms. The maximum absolute atomic E-state index is 11.9. The molecule has 5 heteroatoms. The van der Waals surface area contributed by atoms with Crippen molar-refractivity contribution >= 4 is 5.91 Å². The molecule has 1 aliphatic heterocycles. The van der Waals surface area contributed by atoms with Gasteiger partial charge in [-0.15, -0.1) is 0 Å². The van der Waals surface area contributed by atoms with Crippen LogP contribution in [0.1, 0.15) is 20.3 Å². The Balaban J connectivity index is 2.17. The number of rotatable bonds is 6. The number of nitrogens with one attached hydrogen (secondary N) is 1. The number of carbonyl (C=O) groups excluding carboxylic acids is 1. The zero-order valence-corrected chi connectivity index (χ0v) is 11.1. The molecule has 5 nitrogen and oxygen atoms in total. The van der Waals surface area contributed by atoms with Gasteiger partial charge in [-0.05, 0) is 13.8 Å². The summed E-state index contributed by atoms with van der Waals surface area (Å²) in [6.45, 7) is 10.3. The van der Waals surface area contributed by atoms with Crippen LogP contribution in [0.5, 0.6) is 0 Å². The van der Waals surface area contributed by atoms with E-state index in [2.05, 4.69) is 24.1 Å². The largest absolute Gasteiger partial charge is 0.340 e. The Kier molecular flexibility index (Phi) is 6.47. The molecule has 0 unspecified atom stereocenters. The monoisotopic (exact) mass is 242 g/mol. The van der Waals surface area contributed by atoms with Crippen molar-refractivity contribution in [3.05, 3.63) is 0 Å². The second-order valence-electron chi connectivity index (χ2n) is 4.80. The predicted octanol–water partition coefficient (Wildman–Crippen LogP) is -0.523. The molecule has 0 aromatic rings. The minimum atomic E-state index is 0.262. The summed E-state index contributed by atoms with van der Waals surface area (Å²) in [5.74, 6) is 0.262. The Morgan fingerprint density at radius 2 is 1.88 bits per heavy atom. The van der Waals surface area contributed by atoms with Gasteiger partial charge in [0.1, 0.15) is 0 Å². The minimum Gasteiger partial charge on any atom is -0.340 e. The predicted molar refractivity (Wildman–Crippen MR) is 69.8 cm³/mol. The van der Waals surface area contributed by atoms with Gasteiger partial charge in [-0.25, -0.2) is 0 Å². The van der Waals surface area contributed by atoms with Crippen LogP contribution in [0.2, 0.25) is 0 Å². The van der Waals surface area contributed by atoms with E-state index in [0.29, 0.717) is 19.0 Å². The van der Waals surface area contributed by atoms with E-state index >= 15 is 0 Å². The molecular formula is C12H26N4O. The summed E-state index contributed by atoms with van der Waals surface area (Å²) >= 11 is 0. The Morgan fingerprint density at radius 1 is 1.24 bits per heavy atom. The zero-order chi connectivity index (χ0) is 12.7. The molecule has 0 spiro atoms. The summed E-state index contributed by atoms with van der Waals surface area (Å²) in [5, 5.41) is 3.15. The fraction of sp³-hybridized carbons (Fsp3) is 0.917. The van der Waals surface area contributed by atoms with Crippen LogP contribution in [0.4, 0.5) is 0 Å². The average Bonchev–Trinajstić information content (AvgIpc) is 2.34. The van der Waals surface area contributed by atoms with Crippen molar-refractivity contribution in [2.45, 2.75) is 26.3 Å². The quantitative estimate of drug-likeness (QED) is 0.615. The van der Waals surface area contributed by atoms with E-state index in [-0.39, 0.29) is 5.91 Å². The molecule has 1 rings (SSSR count). The molecule has 0 aliphatic carbocycles. The van der Waals surface area contributed by atoms with Crippen LogP contribution in [-0.2, 0) is 4.79 Å². The molecule has 0 radical (unpaired) electrons. The van der Waals surface area contributed by atoms with Crippen molar-refractivity contribution in [3.63, 3.8) is 0 Å². The third kappa shape index (κ3) is 5.02. The minimum absolute atomic E-state index is 0.262. The fourth-order valence-electron chi connectivity index (χ4n) is 2.07. The van der Waals surface area contributed by atoms with Gasteiger partial charge in [-0.3, -0.25) is 9.69 Å². The highest BCUT2D eigenvalue weighted by Crippen LogP contribution is 2.06. The second-order valence-corrected chi connectivity index (χ2v) is 4.80. The van der Waals surface area contributed by atoms with Crippen LogP contribution in [-0.4, -0.2) is 67.6 Å². The van der Waals surface area contributed by atoms with E-state index in [0.717, 1.165) is 39.3 Å². The number of nitrogens with two attached hydrogens (primary N) is 1. The smallest absolute Gasteiger partial charge is 0.223 e. The summed E-state index contributed by atoms with van der Waals surface area (Å²) in [6, 6.07) is 0.582. The third-order valence-corrected chi connectivity index (χ3v) is 3.23. The van der Waals surface area contributed by atoms with E-state index in [1.54, 1.807) is 0 Å². The number of hydrogen-bond donors (Lipinski definition) is 2. The van der Waals surface area contributed by atoms with E-state index in [1.165, 1.54) is 0 Å². The lowest BCUT2D eigenvalue weighted by atomic mass is 10.2. The molecule has 0 atom stereocenters. The Hall–Kier alpha value is -0.650. The maximum Gasteiger partial charge on any atom is 0.223 e. The topological polar surface area (TPSA) is 61.6 Å². The molecule has 1 amide bonds. The van der Waals surface area contributed by atoms with Crippen molar-refractivity contribution in [1.82, 2.24) is 15.1 Å². The molecule has 0 aromatic carbocycles. The van der Waals surface area contributed by atoms with Gasteiger partial charge in [0.15, 0.2) is 0 Å². The van der Waals surface area contributed by atoms with Gasteiger partial charge in [-0.2, -0.15) is 0 Å². The standard InChI is InChI=1S/C12H26N4O/c1-11(2)15-7-9-16(10-8-15)12(17)3-5-14-6-4-13/h11,14H,3-10,13H2,1-2H3. The van der Waals surface area contributed by atoms with Crippen LogP contribution in [0.15, 0.2) is 0 Å². The van der Waals surface area contributed by atoms with Crippen molar-refractivity contribution in [3.8, 4) is 0 Å². The summed E-state index contributed by atoms with van der Waals surface area (Å²) in [6.07, 6.45) is 0.585. The second kappa shape index (κ2) is 7.63. The third-order valence-electron chi connectivity index (χ3n) is 3.23. The van der Waals surface area contributed by atoms with E-state index in [9.17, 15) is 4.79 Å². The average molecular weight is 242 g/mol. The molecular weight excluding hydrogens is 216 g/mol. The first-order valence-corrected chi connectivity index (χ1v) is 6.57. The van der Waals surface area contributed by atoms with Gasteiger partial charge in [0.25, 0.3) is 0 Å². The summed E-state index contributed by atoms with van der Waals surface area (Å²) in [4.78, 5) is 16.3. The first-order chi connectivity index (χ1) is 8.15. The summed E-state index contributed by atoms with van der Waals surface area (Å²) < 4.78 is 0. The van der Waals surface area contributed by atoms with Crippen LogP contribution in [0.3, 0.4) is 0 Å². The number of hydrogen-bond acceptors (Lipinski definition) is 4. The van der Waals surface area contributed by atoms with Crippen molar-refractivity contribution in [1.29, 1.82) is 0 Å². The maximum atomic E-state index is 11.9. The van der Waals surface area contributed by atoms with Crippen LogP contribution in [0, 0.1) is 0 Å². The van der Waals surface area contributed by atoms with Gasteiger partial charge >= 0.3 is 0 Å². The molecule has 1 saturated heterocycles. The number of carbonyl (C=O) groups is 1. The van der Waals surface area contributed by atoms with Gasteiger partial charge in [0, 0.05) is 58.3 Å². The lowest BCUT2D eigenvalue weighted by molar-refractivity contribution is -0.133. The van der Waals surface area contributed by atoms with Crippen LogP contribution < -0.4 is 11.1 Å². The van der Waals surface area contributed by atoms with Crippen molar-refractivity contribution in [2.24, 2.45) is 5.73 Å². The molecule has 1 fully saturated rings. The molecule has 1 heterocycles. The summed E-state index contributed by atoms with van der Waals surface area (Å²) in [7, 11) is 0. The molecule has 100 valence electrons. The summed E-state index contributed by atoms with van der Waals surface area (Å²) in [5.41, 5.74) is 5.37. The van der Waals surface area contributed by atoms with Gasteiger partial charge < -0.3 is 16.0 Å². The Bertz CT molecular complexity index is 225. The van der Waals surface area contributed by atoms with E-state index in [1.807, 2.05) is 4.90 Å². The number of amides is 1. The molecule has 0 saturated carbocycles. The molecule has 0 aromatic heterocycles. The highest BCUT2D eigenvalue weighted by molar-refractivity contribution is 5.76. The molecule has 17 heavy (non-hydrogen) atoms.